The van der Waals surface area contributed by atoms with Gasteiger partial charge in [-0.15, -0.1) is 0 Å². The Morgan fingerprint density at radius 1 is 1.43 bits per heavy atom. The molecule has 0 aromatic heterocycles. The highest BCUT2D eigenvalue weighted by molar-refractivity contribution is 5.76. The maximum atomic E-state index is 13.3. The second-order valence-corrected chi connectivity index (χ2v) is 9.30. The second kappa shape index (κ2) is 9.25. The molecule has 30 heavy (non-hydrogen) atoms. The van der Waals surface area contributed by atoms with Gasteiger partial charge in [0.15, 0.2) is 0 Å². The van der Waals surface area contributed by atoms with Gasteiger partial charge in [0.2, 0.25) is 1.43 Å². The third-order valence-electron chi connectivity index (χ3n) is 6.85. The van der Waals surface area contributed by atoms with Crippen LogP contribution in [0.15, 0.2) is 23.8 Å². The molecule has 5 heteroatoms. The molecule has 0 bridgehead atoms. The van der Waals surface area contributed by atoms with Gasteiger partial charge >= 0.3 is 11.9 Å². The number of carbonyl (C=O) groups excluding carboxylic acids is 2. The normalized spacial score (nSPS) is 42.4. The molecule has 2 unspecified atom stereocenters. The number of hydrogen-bond acceptors (Lipinski definition) is 5. The zero-order valence-corrected chi connectivity index (χ0v) is 18.1. The summed E-state index contributed by atoms with van der Waals surface area (Å²) in [6, 6.07) is 0. The predicted molar refractivity (Wildman–Crippen MR) is 115 cm³/mol. The number of carbonyl (C=O) groups is 2. The maximum Gasteiger partial charge on any atom is 0.311 e. The number of aliphatic hydroxyl groups excluding tert-OH is 1. The highest BCUT2D eigenvalue weighted by Crippen LogP contribution is 2.45. The van der Waals surface area contributed by atoms with Crippen LogP contribution < -0.4 is 0 Å². The van der Waals surface area contributed by atoms with Crippen LogP contribution >= 0.6 is 0 Å². The van der Waals surface area contributed by atoms with Crippen molar-refractivity contribution in [2.45, 2.75) is 91.3 Å². The first-order valence-electron chi connectivity index (χ1n) is 14.4. The summed E-state index contributed by atoms with van der Waals surface area (Å²) in [6.07, 6.45) is 5.63. The quantitative estimate of drug-likeness (QED) is 0.604. The lowest BCUT2D eigenvalue weighted by Gasteiger charge is -2.44. The maximum absolute atomic E-state index is 13.3. The molecule has 2 aliphatic carbocycles. The van der Waals surface area contributed by atoms with Gasteiger partial charge in [-0.2, -0.15) is 0 Å². The Morgan fingerprint density at radius 3 is 2.97 bits per heavy atom. The first-order chi connectivity index (χ1) is 17.1. The van der Waals surface area contributed by atoms with Crippen molar-refractivity contribution < 1.29 is 32.4 Å². The Bertz CT molecular complexity index is 912. The smallest absolute Gasteiger partial charge is 0.311 e. The van der Waals surface area contributed by atoms with Gasteiger partial charge in [-0.05, 0) is 62.8 Å². The fourth-order valence-corrected chi connectivity index (χ4v) is 4.82. The summed E-state index contributed by atoms with van der Waals surface area (Å²) in [7, 11) is 0. The predicted octanol–water partition coefficient (Wildman–Crippen LogP) is 4.59. The third-order valence-corrected chi connectivity index (χ3v) is 6.85. The number of ether oxygens (including phenoxy) is 2. The van der Waals surface area contributed by atoms with Crippen LogP contribution in [-0.2, 0) is 19.1 Å². The number of aliphatic hydroxyl groups is 1. The molecule has 1 saturated heterocycles. The third kappa shape index (κ3) is 5.16. The first-order valence-corrected chi connectivity index (χ1v) is 11.0. The minimum Gasteiger partial charge on any atom is -0.462 e. The van der Waals surface area contributed by atoms with Crippen LogP contribution in [0.25, 0.3) is 0 Å². The molecule has 8 atom stereocenters. The Hall–Kier alpha value is -1.62. The summed E-state index contributed by atoms with van der Waals surface area (Å²) in [5.74, 6) is -2.38. The van der Waals surface area contributed by atoms with Crippen molar-refractivity contribution >= 4 is 11.9 Å². The summed E-state index contributed by atoms with van der Waals surface area (Å²) in [5.41, 5.74) is -0.940. The Kier molecular flexibility index (Phi) is 4.70. The van der Waals surface area contributed by atoms with Gasteiger partial charge in [0.1, 0.15) is 12.2 Å². The molecule has 5 nitrogen and oxygen atoms in total. The molecule has 168 valence electrons. The zero-order valence-electron chi connectivity index (χ0n) is 25.1. The van der Waals surface area contributed by atoms with Gasteiger partial charge in [-0.3, -0.25) is 9.59 Å². The van der Waals surface area contributed by atoms with Gasteiger partial charge in [0, 0.05) is 20.6 Å². The lowest BCUT2D eigenvalue weighted by molar-refractivity contribution is -0.166. The molecular weight excluding hydrogens is 380 g/mol. The van der Waals surface area contributed by atoms with Crippen LogP contribution in [0, 0.1) is 29.1 Å². The van der Waals surface area contributed by atoms with Crippen molar-refractivity contribution in [2.24, 2.45) is 29.1 Å². The summed E-state index contributed by atoms with van der Waals surface area (Å²) < 4.78 is 66.3. The van der Waals surface area contributed by atoms with Crippen molar-refractivity contribution in [1.82, 2.24) is 0 Å². The van der Waals surface area contributed by atoms with E-state index in [2.05, 4.69) is 5.11 Å². The SMILES string of the molecule is [2H]O[C@H]1CC(=O)OC(CC[C@@H]2[C@@H]3C(=C[C@H](C([2H])([2H])[2H])C[C@@H]3OC(=O)C(C)(CC)C([2H])([2H])[2H])C=C[C@@H]2C)C1. The van der Waals surface area contributed by atoms with Gasteiger partial charge < -0.3 is 14.6 Å². The molecule has 0 saturated carbocycles. The van der Waals surface area contributed by atoms with Gasteiger partial charge in [-0.1, -0.05) is 38.9 Å². The van der Waals surface area contributed by atoms with E-state index >= 15 is 0 Å². The van der Waals surface area contributed by atoms with Gasteiger partial charge in [-0.25, -0.2) is 0 Å². The number of cyclic esters (lactones) is 1. The van der Waals surface area contributed by atoms with E-state index in [9.17, 15) is 9.59 Å². The molecular formula is C25H38O5. The Balaban J connectivity index is 1.89. The van der Waals surface area contributed by atoms with Crippen LogP contribution in [0.5, 0.6) is 0 Å². The van der Waals surface area contributed by atoms with Crippen molar-refractivity contribution in [3.63, 3.8) is 0 Å². The van der Waals surface area contributed by atoms with Crippen LogP contribution in [0.2, 0.25) is 0 Å². The minimum absolute atomic E-state index is 0.0479. The molecule has 0 radical (unpaired) electrons. The number of esters is 2. The molecule has 0 spiro atoms. The molecule has 1 heterocycles. The van der Waals surface area contributed by atoms with E-state index in [0.29, 0.717) is 19.3 Å². The topological polar surface area (TPSA) is 72.8 Å². The van der Waals surface area contributed by atoms with E-state index in [-0.39, 0.29) is 37.0 Å². The molecule has 3 aliphatic rings. The second-order valence-electron chi connectivity index (χ2n) is 9.30. The molecule has 0 aromatic rings. The molecule has 1 N–H and O–H groups in total. The Labute approximate surface area is 190 Å². The molecule has 3 rings (SSSR count). The number of allylic oxidation sites excluding steroid dienone is 3. The van der Waals surface area contributed by atoms with Crippen LogP contribution in [-0.4, -0.2) is 36.8 Å². The van der Waals surface area contributed by atoms with Crippen molar-refractivity contribution in [1.29, 1.82) is 1.43 Å². The standard InChI is InChI=1S/C25H38O5/c1-6-25(4,5)24(28)30-21-12-15(2)11-17-8-7-16(3)20(23(17)21)10-9-19-13-18(26)14-22(27)29-19/h7-8,11,15-16,18-21,23,26H,6,9-10,12-14H2,1-5H3/t15-,16-,18+,19?,20-,21-,23-/m0/s1/i2D3,4D3,26D/t15-,16-,18+,19?,20-,21-,23-,25?. The van der Waals surface area contributed by atoms with E-state index in [1.807, 2.05) is 19.1 Å². The minimum atomic E-state index is -2.57. The Morgan fingerprint density at radius 2 is 2.27 bits per heavy atom. The summed E-state index contributed by atoms with van der Waals surface area (Å²) in [5, 5.41) is 4.64. The molecule has 1 aliphatic heterocycles. The van der Waals surface area contributed by atoms with Crippen molar-refractivity contribution in [2.75, 3.05) is 0 Å². The fourth-order valence-electron chi connectivity index (χ4n) is 4.82. The van der Waals surface area contributed by atoms with E-state index in [0.717, 1.165) is 5.57 Å². The largest absolute Gasteiger partial charge is 0.462 e. The molecule has 1 fully saturated rings. The lowest BCUT2D eigenvalue weighted by atomic mass is 9.65. The van der Waals surface area contributed by atoms with Crippen LogP contribution in [0.1, 0.15) is 81.2 Å². The van der Waals surface area contributed by atoms with Crippen molar-refractivity contribution in [3.8, 4) is 0 Å². The van der Waals surface area contributed by atoms with E-state index < -0.39 is 55.3 Å². The highest BCUT2D eigenvalue weighted by Gasteiger charge is 2.43. The average Bonchev–Trinajstić information content (AvgIpc) is 2.80. The first kappa shape index (κ1) is 15.2. The molecule has 0 aromatic carbocycles. The van der Waals surface area contributed by atoms with E-state index in [4.69, 9.17) is 19.1 Å². The summed E-state index contributed by atoms with van der Waals surface area (Å²) >= 11 is 0. The van der Waals surface area contributed by atoms with Crippen molar-refractivity contribution in [3.05, 3.63) is 23.8 Å². The van der Waals surface area contributed by atoms with Gasteiger partial charge in [0.05, 0.1) is 17.9 Å². The van der Waals surface area contributed by atoms with Gasteiger partial charge in [0.25, 0.3) is 0 Å². The monoisotopic (exact) mass is 425 g/mol. The number of rotatable bonds is 7. The van der Waals surface area contributed by atoms with E-state index in [1.165, 1.54) is 6.92 Å². The van der Waals surface area contributed by atoms with Crippen LogP contribution in [0.3, 0.4) is 0 Å². The number of fused-ring (bicyclic) bond motifs is 1. The number of hydrogen-bond donors (Lipinski definition) is 1. The fraction of sp³-hybridized carbons (Fsp3) is 0.760. The van der Waals surface area contributed by atoms with Crippen LogP contribution in [0.4, 0.5) is 0 Å². The lowest BCUT2D eigenvalue weighted by Crippen LogP contribution is -2.43. The molecule has 0 amide bonds. The zero-order chi connectivity index (χ0) is 27.8. The summed E-state index contributed by atoms with van der Waals surface area (Å²) in [6.45, 7) is 0.156. The average molecular weight is 426 g/mol. The summed E-state index contributed by atoms with van der Waals surface area (Å²) in [4.78, 5) is 25.2. The van der Waals surface area contributed by atoms with E-state index in [1.54, 1.807) is 13.0 Å². The highest BCUT2D eigenvalue weighted by atomic mass is 16.6.